The second-order valence-electron chi connectivity index (χ2n) is 9.40. The molecule has 3 heterocycles. The van der Waals surface area contributed by atoms with E-state index in [1.54, 1.807) is 39.8 Å². The number of aliphatic hydroxyl groups excluding tert-OH is 1. The number of amides is 2. The minimum absolute atomic E-state index is 0.0842. The zero-order valence-electron chi connectivity index (χ0n) is 18.4. The van der Waals surface area contributed by atoms with Gasteiger partial charge in [-0.2, -0.15) is 0 Å². The number of anilines is 1. The fourth-order valence-electron chi connectivity index (χ4n) is 4.35. The number of fused-ring (bicyclic) bond motifs is 2. The molecule has 0 spiro atoms. The third-order valence-corrected chi connectivity index (χ3v) is 5.99. The number of ether oxygens (including phenoxy) is 2. The highest BCUT2D eigenvalue weighted by Gasteiger charge is 2.57. The van der Waals surface area contributed by atoms with Crippen molar-refractivity contribution in [2.75, 3.05) is 12.1 Å². The van der Waals surface area contributed by atoms with E-state index in [0.29, 0.717) is 17.6 Å². The molecule has 1 fully saturated rings. The number of carbonyl (C=O) groups is 4. The summed E-state index contributed by atoms with van der Waals surface area (Å²) in [6.07, 6.45) is -0.246. The van der Waals surface area contributed by atoms with Gasteiger partial charge in [-0.15, -0.1) is 0 Å². The van der Waals surface area contributed by atoms with Gasteiger partial charge < -0.3 is 24.8 Å². The van der Waals surface area contributed by atoms with Gasteiger partial charge in [0.2, 0.25) is 18.6 Å². The summed E-state index contributed by atoms with van der Waals surface area (Å²) in [5.74, 6) is -2.36. The van der Waals surface area contributed by atoms with Crippen LogP contribution in [0.15, 0.2) is 23.9 Å². The molecule has 1 saturated heterocycles. The Morgan fingerprint density at radius 1 is 1.25 bits per heavy atom. The summed E-state index contributed by atoms with van der Waals surface area (Å²) in [5.41, 5.74) is 2.16. The van der Waals surface area contributed by atoms with E-state index >= 15 is 0 Å². The van der Waals surface area contributed by atoms with E-state index in [1.165, 1.54) is 4.90 Å². The topological polar surface area (TPSA) is 122 Å². The molecule has 2 amide bonds. The predicted octanol–water partition coefficient (Wildman–Crippen LogP) is 1.59. The first-order valence-corrected chi connectivity index (χ1v) is 10.5. The number of benzene rings is 1. The van der Waals surface area contributed by atoms with Crippen molar-refractivity contribution in [3.05, 3.63) is 35.0 Å². The SMILES string of the molecule is C[C@@H](O)[C@@H]1C(=O)N2C(C(=O)OCOC(=O)C(C)(C)C)=C(c3ccc4c(c3)CC(=O)N4)C[C@@H]12. The number of hydrogen-bond donors (Lipinski definition) is 2. The Labute approximate surface area is 185 Å². The largest absolute Gasteiger partial charge is 0.427 e. The minimum Gasteiger partial charge on any atom is -0.427 e. The molecule has 0 aliphatic carbocycles. The lowest BCUT2D eigenvalue weighted by atomic mass is 9.82. The molecule has 1 aromatic rings. The quantitative estimate of drug-likeness (QED) is 0.403. The van der Waals surface area contributed by atoms with Gasteiger partial charge in [0.1, 0.15) is 5.70 Å². The van der Waals surface area contributed by atoms with Gasteiger partial charge in [0, 0.05) is 5.69 Å². The second kappa shape index (κ2) is 7.74. The van der Waals surface area contributed by atoms with Crippen LogP contribution in [0.2, 0.25) is 0 Å². The van der Waals surface area contributed by atoms with Crippen molar-refractivity contribution in [3.63, 3.8) is 0 Å². The van der Waals surface area contributed by atoms with Crippen LogP contribution < -0.4 is 5.32 Å². The third-order valence-electron chi connectivity index (χ3n) is 5.99. The van der Waals surface area contributed by atoms with E-state index in [0.717, 1.165) is 11.3 Å². The van der Waals surface area contributed by atoms with Gasteiger partial charge in [0.25, 0.3) is 0 Å². The van der Waals surface area contributed by atoms with Crippen molar-refractivity contribution in [2.24, 2.45) is 11.3 Å². The van der Waals surface area contributed by atoms with Crippen LogP contribution in [0.25, 0.3) is 5.57 Å². The highest BCUT2D eigenvalue weighted by atomic mass is 16.7. The molecule has 0 bridgehead atoms. The summed E-state index contributed by atoms with van der Waals surface area (Å²) < 4.78 is 10.2. The molecule has 9 heteroatoms. The van der Waals surface area contributed by atoms with Crippen LogP contribution in [0.1, 0.15) is 45.2 Å². The van der Waals surface area contributed by atoms with E-state index in [4.69, 9.17) is 9.47 Å². The summed E-state index contributed by atoms with van der Waals surface area (Å²) in [4.78, 5) is 50.7. The van der Waals surface area contributed by atoms with Crippen molar-refractivity contribution in [2.45, 2.75) is 52.7 Å². The van der Waals surface area contributed by atoms with Crippen molar-refractivity contribution in [3.8, 4) is 0 Å². The number of hydrogen-bond acceptors (Lipinski definition) is 7. The van der Waals surface area contributed by atoms with Gasteiger partial charge in [0.15, 0.2) is 0 Å². The lowest BCUT2D eigenvalue weighted by molar-refractivity contribution is -0.175. The summed E-state index contributed by atoms with van der Waals surface area (Å²) in [7, 11) is 0. The van der Waals surface area contributed by atoms with Crippen LogP contribution in [-0.2, 0) is 35.1 Å². The van der Waals surface area contributed by atoms with Crippen LogP contribution in [0.3, 0.4) is 0 Å². The highest BCUT2D eigenvalue weighted by Crippen LogP contribution is 2.47. The first-order chi connectivity index (χ1) is 15.0. The van der Waals surface area contributed by atoms with Crippen molar-refractivity contribution < 1.29 is 33.8 Å². The smallest absolute Gasteiger partial charge is 0.358 e. The monoisotopic (exact) mass is 442 g/mol. The average Bonchev–Trinajstić information content (AvgIpc) is 3.23. The first-order valence-electron chi connectivity index (χ1n) is 10.5. The maximum Gasteiger partial charge on any atom is 0.358 e. The van der Waals surface area contributed by atoms with E-state index in [1.807, 2.05) is 6.07 Å². The van der Waals surface area contributed by atoms with E-state index in [9.17, 15) is 24.3 Å². The Morgan fingerprint density at radius 3 is 2.62 bits per heavy atom. The lowest BCUT2D eigenvalue weighted by Crippen LogP contribution is -2.61. The molecule has 3 aliphatic heterocycles. The Bertz CT molecular complexity index is 1050. The Kier molecular flexibility index (Phi) is 5.32. The number of β-lactam (4-membered cyclic amide) rings is 1. The summed E-state index contributed by atoms with van der Waals surface area (Å²) in [6.45, 7) is 6.03. The number of carbonyl (C=O) groups excluding carboxylic acids is 4. The van der Waals surface area contributed by atoms with Gasteiger partial charge in [0.05, 0.1) is 29.9 Å². The fraction of sp³-hybridized carbons (Fsp3) is 0.478. The maximum atomic E-state index is 13.0. The number of esters is 2. The average molecular weight is 442 g/mol. The molecule has 9 nitrogen and oxygen atoms in total. The molecule has 0 radical (unpaired) electrons. The molecule has 0 aromatic heterocycles. The zero-order chi connectivity index (χ0) is 23.4. The first kappa shape index (κ1) is 22.0. The molecular weight excluding hydrogens is 416 g/mol. The fourth-order valence-corrected chi connectivity index (χ4v) is 4.35. The van der Waals surface area contributed by atoms with Gasteiger partial charge in [-0.05, 0) is 62.9 Å². The van der Waals surface area contributed by atoms with Crippen molar-refractivity contribution in [1.29, 1.82) is 0 Å². The number of nitrogens with zero attached hydrogens (tertiary/aromatic N) is 1. The normalized spacial score (nSPS) is 22.7. The van der Waals surface area contributed by atoms with Gasteiger partial charge in [-0.25, -0.2) is 4.79 Å². The van der Waals surface area contributed by atoms with Crippen LogP contribution in [0.5, 0.6) is 0 Å². The van der Waals surface area contributed by atoms with Crippen molar-refractivity contribution >= 4 is 35.0 Å². The van der Waals surface area contributed by atoms with Crippen molar-refractivity contribution in [1.82, 2.24) is 4.90 Å². The summed E-state index contributed by atoms with van der Waals surface area (Å²) in [6, 6.07) is 5.01. The molecule has 3 aliphatic rings. The van der Waals surface area contributed by atoms with Crippen LogP contribution >= 0.6 is 0 Å². The molecule has 2 N–H and O–H groups in total. The predicted molar refractivity (Wildman–Crippen MR) is 113 cm³/mol. The summed E-state index contributed by atoms with van der Waals surface area (Å²) >= 11 is 0. The Balaban J connectivity index is 1.61. The van der Waals surface area contributed by atoms with Crippen LogP contribution in [0, 0.1) is 11.3 Å². The zero-order valence-corrected chi connectivity index (χ0v) is 18.4. The molecule has 32 heavy (non-hydrogen) atoms. The molecule has 3 atom stereocenters. The van der Waals surface area contributed by atoms with Gasteiger partial charge in [-0.3, -0.25) is 14.4 Å². The van der Waals surface area contributed by atoms with E-state index < -0.39 is 36.2 Å². The number of rotatable bonds is 5. The Morgan fingerprint density at radius 2 is 1.97 bits per heavy atom. The number of nitrogens with one attached hydrogen (secondary N) is 1. The molecule has 4 rings (SSSR count). The summed E-state index contributed by atoms with van der Waals surface area (Å²) in [5, 5.41) is 12.8. The standard InChI is InChI=1S/C23H26N2O7/c1-11(26)18-16-9-14(12-5-6-15-13(7-12)8-17(27)24-15)19(25(16)20(18)28)21(29)31-10-32-22(30)23(2,3)4/h5-7,11,16,18,26H,8-10H2,1-4H3,(H,24,27)/t11-,16+,18+/m1/s1. The molecule has 0 unspecified atom stereocenters. The molecular formula is C23H26N2O7. The van der Waals surface area contributed by atoms with E-state index in [-0.39, 0.29) is 30.0 Å². The number of aliphatic hydroxyl groups is 1. The third kappa shape index (κ3) is 3.66. The lowest BCUT2D eigenvalue weighted by Gasteiger charge is -2.44. The Hall–Kier alpha value is -3.20. The van der Waals surface area contributed by atoms with Gasteiger partial charge in [-0.1, -0.05) is 6.07 Å². The van der Waals surface area contributed by atoms with Crippen LogP contribution in [-0.4, -0.2) is 52.7 Å². The molecule has 0 saturated carbocycles. The molecule has 170 valence electrons. The second-order valence-corrected chi connectivity index (χ2v) is 9.40. The maximum absolute atomic E-state index is 13.0. The van der Waals surface area contributed by atoms with Gasteiger partial charge >= 0.3 is 11.9 Å². The van der Waals surface area contributed by atoms with E-state index in [2.05, 4.69) is 5.32 Å². The highest BCUT2D eigenvalue weighted by molar-refractivity contribution is 6.07. The molecule has 1 aromatic carbocycles. The minimum atomic E-state index is -0.852. The van der Waals surface area contributed by atoms with Crippen LogP contribution in [0.4, 0.5) is 5.69 Å².